The number of nitro benzene ring substituents is 1. The van der Waals surface area contributed by atoms with Gasteiger partial charge in [-0.1, -0.05) is 26.7 Å². The lowest BCUT2D eigenvalue weighted by atomic mass is 10.1. The summed E-state index contributed by atoms with van der Waals surface area (Å²) >= 11 is 0. The summed E-state index contributed by atoms with van der Waals surface area (Å²) in [7, 11) is 0. The third kappa shape index (κ3) is 6.44. The number of hydrogen-bond donors (Lipinski definition) is 1. The van der Waals surface area contributed by atoms with E-state index in [4.69, 9.17) is 9.47 Å². The first kappa shape index (κ1) is 19.7. The highest BCUT2D eigenvalue weighted by Crippen LogP contribution is 2.29. The summed E-state index contributed by atoms with van der Waals surface area (Å²) in [5, 5.41) is 13.9. The maximum absolute atomic E-state index is 11.6. The summed E-state index contributed by atoms with van der Waals surface area (Å²) in [6.45, 7) is 6.78. The van der Waals surface area contributed by atoms with Gasteiger partial charge in [-0.25, -0.2) is 4.79 Å². The number of benzene rings is 1. The second kappa shape index (κ2) is 10.5. The van der Waals surface area contributed by atoms with Crippen molar-refractivity contribution in [1.82, 2.24) is 5.32 Å². The van der Waals surface area contributed by atoms with Gasteiger partial charge in [0.1, 0.15) is 12.4 Å². The molecule has 0 atom stereocenters. The Morgan fingerprint density at radius 2 is 1.96 bits per heavy atom. The van der Waals surface area contributed by atoms with Crippen molar-refractivity contribution in [3.8, 4) is 5.75 Å². The molecule has 0 fully saturated rings. The summed E-state index contributed by atoms with van der Waals surface area (Å²) in [5.74, 6) is 0.492. The lowest BCUT2D eigenvalue weighted by molar-refractivity contribution is -0.385. The van der Waals surface area contributed by atoms with E-state index in [0.29, 0.717) is 24.5 Å². The Morgan fingerprint density at radius 3 is 2.58 bits per heavy atom. The van der Waals surface area contributed by atoms with Crippen LogP contribution >= 0.6 is 0 Å². The fraction of sp³-hybridized carbons (Fsp3) is 0.588. The number of amides is 1. The second-order valence-electron chi connectivity index (χ2n) is 5.56. The van der Waals surface area contributed by atoms with Crippen molar-refractivity contribution in [3.05, 3.63) is 33.4 Å². The van der Waals surface area contributed by atoms with Crippen molar-refractivity contribution in [3.63, 3.8) is 0 Å². The van der Waals surface area contributed by atoms with Crippen LogP contribution in [0.1, 0.15) is 50.7 Å². The van der Waals surface area contributed by atoms with Crippen LogP contribution in [0.3, 0.4) is 0 Å². The van der Waals surface area contributed by atoms with E-state index >= 15 is 0 Å². The van der Waals surface area contributed by atoms with Gasteiger partial charge in [0.15, 0.2) is 0 Å². The summed E-state index contributed by atoms with van der Waals surface area (Å²) in [6, 6.07) is 3.04. The number of carbonyl (C=O) groups excluding carboxylic acids is 1. The van der Waals surface area contributed by atoms with Gasteiger partial charge in [0.25, 0.3) is 5.69 Å². The van der Waals surface area contributed by atoms with Crippen LogP contribution in [0.15, 0.2) is 12.1 Å². The highest BCUT2D eigenvalue weighted by Gasteiger charge is 2.19. The zero-order valence-electron chi connectivity index (χ0n) is 14.6. The lowest BCUT2D eigenvalue weighted by Crippen LogP contribution is -2.25. The van der Waals surface area contributed by atoms with E-state index in [1.54, 1.807) is 6.07 Å². The number of nitro groups is 1. The molecule has 0 spiro atoms. The molecule has 0 bridgehead atoms. The van der Waals surface area contributed by atoms with Crippen molar-refractivity contribution in [2.75, 3.05) is 13.2 Å². The molecule has 7 nitrogen and oxygen atoms in total. The maximum Gasteiger partial charge on any atom is 0.407 e. The van der Waals surface area contributed by atoms with E-state index in [1.165, 1.54) is 6.07 Å². The molecule has 1 rings (SSSR count). The monoisotopic (exact) mass is 338 g/mol. The van der Waals surface area contributed by atoms with Crippen LogP contribution < -0.4 is 10.1 Å². The van der Waals surface area contributed by atoms with Gasteiger partial charge in [0.05, 0.1) is 23.2 Å². The van der Waals surface area contributed by atoms with E-state index in [-0.39, 0.29) is 12.3 Å². The number of nitrogens with one attached hydrogen (secondary N) is 1. The average molecular weight is 338 g/mol. The number of alkyl carbamates (subject to hydrolysis) is 1. The summed E-state index contributed by atoms with van der Waals surface area (Å²) in [4.78, 5) is 22.3. The molecular weight excluding hydrogens is 312 g/mol. The van der Waals surface area contributed by atoms with Crippen molar-refractivity contribution >= 4 is 11.8 Å². The van der Waals surface area contributed by atoms with E-state index in [0.717, 1.165) is 31.2 Å². The van der Waals surface area contributed by atoms with Gasteiger partial charge in [0.2, 0.25) is 0 Å². The van der Waals surface area contributed by atoms with E-state index in [1.807, 2.05) is 20.8 Å². The minimum absolute atomic E-state index is 0.103. The van der Waals surface area contributed by atoms with Gasteiger partial charge in [-0.3, -0.25) is 10.1 Å². The standard InChI is InChI=1S/C17H26N2O5/c1-4-6-8-18-17(20)24-12-14-10-13(3)16(23-9-7-5-2)11-15(14)19(21)22/h10-11H,4-9,12H2,1-3H3,(H,18,20). The number of aryl methyl sites for hydroxylation is 1. The first-order valence-electron chi connectivity index (χ1n) is 8.30. The topological polar surface area (TPSA) is 90.7 Å². The van der Waals surface area contributed by atoms with Crippen LogP contribution in [0.5, 0.6) is 5.75 Å². The smallest absolute Gasteiger partial charge is 0.407 e. The Morgan fingerprint density at radius 1 is 1.25 bits per heavy atom. The molecular formula is C17H26N2O5. The zero-order valence-corrected chi connectivity index (χ0v) is 14.6. The molecule has 0 saturated heterocycles. The van der Waals surface area contributed by atoms with E-state index in [9.17, 15) is 14.9 Å². The predicted molar refractivity (Wildman–Crippen MR) is 91.3 cm³/mol. The van der Waals surface area contributed by atoms with Gasteiger partial charge < -0.3 is 14.8 Å². The molecule has 0 aliphatic rings. The average Bonchev–Trinajstić information content (AvgIpc) is 2.54. The van der Waals surface area contributed by atoms with Crippen molar-refractivity contribution in [2.45, 2.75) is 53.1 Å². The second-order valence-corrected chi connectivity index (χ2v) is 5.56. The van der Waals surface area contributed by atoms with Gasteiger partial charge in [0, 0.05) is 6.54 Å². The van der Waals surface area contributed by atoms with Gasteiger partial charge >= 0.3 is 6.09 Å². The first-order chi connectivity index (χ1) is 11.5. The number of hydrogen-bond acceptors (Lipinski definition) is 5. The highest BCUT2D eigenvalue weighted by molar-refractivity contribution is 5.67. The molecule has 7 heteroatoms. The van der Waals surface area contributed by atoms with Crippen molar-refractivity contribution < 1.29 is 19.2 Å². The Bertz CT molecular complexity index is 560. The molecule has 0 heterocycles. The quantitative estimate of drug-likeness (QED) is 0.394. The summed E-state index contributed by atoms with van der Waals surface area (Å²) in [6.07, 6.45) is 3.12. The van der Waals surface area contributed by atoms with Crippen LogP contribution in [-0.4, -0.2) is 24.2 Å². The Balaban J connectivity index is 2.77. The predicted octanol–water partition coefficient (Wildman–Crippen LogP) is 4.11. The fourth-order valence-corrected chi connectivity index (χ4v) is 2.07. The van der Waals surface area contributed by atoms with Crippen molar-refractivity contribution in [1.29, 1.82) is 0 Å². The normalized spacial score (nSPS) is 10.3. The molecule has 1 amide bonds. The molecule has 24 heavy (non-hydrogen) atoms. The lowest BCUT2D eigenvalue weighted by Gasteiger charge is -2.12. The minimum atomic E-state index is -0.571. The molecule has 0 unspecified atom stereocenters. The van der Waals surface area contributed by atoms with Crippen molar-refractivity contribution in [2.24, 2.45) is 0 Å². The van der Waals surface area contributed by atoms with Gasteiger partial charge in [-0.05, 0) is 31.4 Å². The number of nitrogens with zero attached hydrogens (tertiary/aromatic N) is 1. The van der Waals surface area contributed by atoms with E-state index in [2.05, 4.69) is 5.32 Å². The maximum atomic E-state index is 11.6. The molecule has 1 aromatic carbocycles. The number of carbonyl (C=O) groups is 1. The Kier molecular flexibility index (Phi) is 8.60. The third-order valence-corrected chi connectivity index (χ3v) is 3.49. The Hall–Kier alpha value is -2.31. The van der Waals surface area contributed by atoms with E-state index < -0.39 is 11.0 Å². The third-order valence-electron chi connectivity index (χ3n) is 3.49. The summed E-state index contributed by atoms with van der Waals surface area (Å²) in [5.41, 5.74) is 1.03. The zero-order chi connectivity index (χ0) is 17.9. The molecule has 1 N–H and O–H groups in total. The van der Waals surface area contributed by atoms with Crippen LogP contribution in [0.2, 0.25) is 0 Å². The molecule has 0 aromatic heterocycles. The number of unbranched alkanes of at least 4 members (excludes halogenated alkanes) is 2. The van der Waals surface area contributed by atoms with Gasteiger partial charge in [-0.15, -0.1) is 0 Å². The van der Waals surface area contributed by atoms with Crippen LogP contribution in [0.25, 0.3) is 0 Å². The molecule has 0 saturated carbocycles. The molecule has 0 aliphatic heterocycles. The van der Waals surface area contributed by atoms with Crippen LogP contribution in [0.4, 0.5) is 10.5 Å². The summed E-state index contributed by atoms with van der Waals surface area (Å²) < 4.78 is 10.7. The molecule has 134 valence electrons. The molecule has 0 aliphatic carbocycles. The van der Waals surface area contributed by atoms with Crippen LogP contribution in [0, 0.1) is 17.0 Å². The largest absolute Gasteiger partial charge is 0.493 e. The number of rotatable bonds is 10. The molecule has 0 radical (unpaired) electrons. The molecule has 1 aromatic rings. The highest BCUT2D eigenvalue weighted by atomic mass is 16.6. The SMILES string of the molecule is CCCCNC(=O)OCc1cc(C)c(OCCCC)cc1[N+](=O)[O-]. The minimum Gasteiger partial charge on any atom is -0.493 e. The van der Waals surface area contributed by atoms with Crippen LogP contribution in [-0.2, 0) is 11.3 Å². The Labute approximate surface area is 142 Å². The fourth-order valence-electron chi connectivity index (χ4n) is 2.07. The first-order valence-corrected chi connectivity index (χ1v) is 8.30. The number of ether oxygens (including phenoxy) is 2. The van der Waals surface area contributed by atoms with Gasteiger partial charge in [-0.2, -0.15) is 0 Å².